The van der Waals surface area contributed by atoms with Gasteiger partial charge >= 0.3 is 6.18 Å². The van der Waals surface area contributed by atoms with E-state index in [9.17, 15) is 21.6 Å². The Balaban J connectivity index is 3.28. The third-order valence-corrected chi connectivity index (χ3v) is 3.11. The third kappa shape index (κ3) is 4.68. The highest BCUT2D eigenvalue weighted by Gasteiger charge is 2.32. The molecule has 1 rings (SSSR count). The van der Waals surface area contributed by atoms with Crippen LogP contribution in [0, 0.1) is 0 Å². The van der Waals surface area contributed by atoms with Crippen LogP contribution in [-0.2, 0) is 20.5 Å². The molecule has 0 aromatic heterocycles. The first-order valence-corrected chi connectivity index (χ1v) is 7.53. The van der Waals surface area contributed by atoms with Gasteiger partial charge in [0.15, 0.2) is 0 Å². The Kier molecular flexibility index (Phi) is 5.04. The molecule has 0 spiro atoms. The maximum Gasteiger partial charge on any atom is 0.416 e. The van der Waals surface area contributed by atoms with Crippen LogP contribution >= 0.6 is 0 Å². The molecule has 0 saturated heterocycles. The Bertz CT molecular complexity index is 567. The lowest BCUT2D eigenvalue weighted by Crippen LogP contribution is -2.12. The van der Waals surface area contributed by atoms with E-state index in [0.717, 1.165) is 18.4 Å². The van der Waals surface area contributed by atoms with E-state index < -0.39 is 28.0 Å². The van der Waals surface area contributed by atoms with E-state index in [4.69, 9.17) is 8.92 Å². The van der Waals surface area contributed by atoms with Gasteiger partial charge in [0.05, 0.1) is 18.9 Å². The van der Waals surface area contributed by atoms with Crippen LogP contribution < -0.4 is 4.74 Å². The van der Waals surface area contributed by atoms with E-state index in [2.05, 4.69) is 0 Å². The summed E-state index contributed by atoms with van der Waals surface area (Å²) in [4.78, 5) is 0. The van der Waals surface area contributed by atoms with Gasteiger partial charge in [0.2, 0.25) is 0 Å². The van der Waals surface area contributed by atoms with Gasteiger partial charge in [-0.25, -0.2) is 0 Å². The minimum absolute atomic E-state index is 0.00891. The van der Waals surface area contributed by atoms with Crippen molar-refractivity contribution in [3.8, 4) is 5.75 Å². The first-order valence-electron chi connectivity index (χ1n) is 5.71. The number of hydrogen-bond acceptors (Lipinski definition) is 4. The van der Waals surface area contributed by atoms with Crippen molar-refractivity contribution in [3.63, 3.8) is 0 Å². The van der Waals surface area contributed by atoms with Crippen LogP contribution in [0.5, 0.6) is 5.75 Å². The smallest absolute Gasteiger partial charge is 0.416 e. The molecule has 0 aliphatic carbocycles. The Morgan fingerprint density at radius 3 is 2.25 bits per heavy atom. The standard InChI is InChI=1S/C12H15F3O4S/c1-4-11(19-20(3,16)17)8-5-9(12(13,14)15)7-10(6-8)18-2/h5-7,11H,4H2,1-3H3. The molecule has 0 N–H and O–H groups in total. The highest BCUT2D eigenvalue weighted by atomic mass is 32.2. The van der Waals surface area contributed by atoms with Crippen molar-refractivity contribution >= 4 is 10.1 Å². The number of alkyl halides is 3. The molecule has 1 unspecified atom stereocenters. The number of halogens is 3. The van der Waals surface area contributed by atoms with Crippen LogP contribution in [0.15, 0.2) is 18.2 Å². The number of benzene rings is 1. The largest absolute Gasteiger partial charge is 0.497 e. The molecule has 0 amide bonds. The van der Waals surface area contributed by atoms with E-state index >= 15 is 0 Å². The number of rotatable bonds is 5. The van der Waals surface area contributed by atoms with Crippen LogP contribution in [-0.4, -0.2) is 21.8 Å². The quantitative estimate of drug-likeness (QED) is 0.784. The first-order chi connectivity index (χ1) is 9.06. The monoisotopic (exact) mass is 312 g/mol. The first kappa shape index (κ1) is 16.8. The Labute approximate surface area is 115 Å². The van der Waals surface area contributed by atoms with Gasteiger partial charge in [-0.1, -0.05) is 6.92 Å². The Morgan fingerprint density at radius 2 is 1.85 bits per heavy atom. The fraction of sp³-hybridized carbons (Fsp3) is 0.500. The van der Waals surface area contributed by atoms with E-state index in [1.54, 1.807) is 6.92 Å². The van der Waals surface area contributed by atoms with E-state index in [1.165, 1.54) is 13.2 Å². The van der Waals surface area contributed by atoms with Gasteiger partial charge < -0.3 is 4.74 Å². The number of hydrogen-bond donors (Lipinski definition) is 0. The van der Waals surface area contributed by atoms with Gasteiger partial charge in [-0.3, -0.25) is 4.18 Å². The van der Waals surface area contributed by atoms with Crippen LogP contribution in [0.25, 0.3) is 0 Å². The molecule has 4 nitrogen and oxygen atoms in total. The number of ether oxygens (including phenoxy) is 1. The molecule has 1 aromatic carbocycles. The lowest BCUT2D eigenvalue weighted by molar-refractivity contribution is -0.137. The van der Waals surface area contributed by atoms with Gasteiger partial charge in [-0.15, -0.1) is 0 Å². The van der Waals surface area contributed by atoms with E-state index in [0.29, 0.717) is 0 Å². The summed E-state index contributed by atoms with van der Waals surface area (Å²) in [7, 11) is -2.54. The lowest BCUT2D eigenvalue weighted by Gasteiger charge is -2.18. The average Bonchev–Trinajstić information content (AvgIpc) is 2.33. The van der Waals surface area contributed by atoms with Crippen molar-refractivity contribution in [2.24, 2.45) is 0 Å². The van der Waals surface area contributed by atoms with E-state index in [-0.39, 0.29) is 17.7 Å². The van der Waals surface area contributed by atoms with Crippen molar-refractivity contribution in [1.29, 1.82) is 0 Å². The van der Waals surface area contributed by atoms with Crippen molar-refractivity contribution in [3.05, 3.63) is 29.3 Å². The average molecular weight is 312 g/mol. The lowest BCUT2D eigenvalue weighted by atomic mass is 10.0. The Hall–Kier alpha value is -1.28. The molecular weight excluding hydrogens is 297 g/mol. The summed E-state index contributed by atoms with van der Waals surface area (Å²) < 4.78 is 70.2. The van der Waals surface area contributed by atoms with E-state index in [1.807, 2.05) is 0 Å². The van der Waals surface area contributed by atoms with Crippen LogP contribution in [0.1, 0.15) is 30.6 Å². The molecule has 0 bridgehead atoms. The third-order valence-electron chi connectivity index (χ3n) is 2.53. The topological polar surface area (TPSA) is 52.6 Å². The van der Waals surface area contributed by atoms with Crippen molar-refractivity contribution in [2.75, 3.05) is 13.4 Å². The zero-order valence-corrected chi connectivity index (χ0v) is 12.0. The van der Waals surface area contributed by atoms with Crippen LogP contribution in [0.3, 0.4) is 0 Å². The maximum atomic E-state index is 12.8. The normalized spacial score (nSPS) is 14.1. The predicted molar refractivity (Wildman–Crippen MR) is 67.0 cm³/mol. The van der Waals surface area contributed by atoms with Crippen molar-refractivity contribution in [2.45, 2.75) is 25.6 Å². The summed E-state index contributed by atoms with van der Waals surface area (Å²) in [6.07, 6.45) is -4.48. The van der Waals surface area contributed by atoms with Crippen LogP contribution in [0.4, 0.5) is 13.2 Å². The summed E-state index contributed by atoms with van der Waals surface area (Å²) in [5, 5.41) is 0. The second kappa shape index (κ2) is 6.01. The SMILES string of the molecule is CCC(OS(C)(=O)=O)c1cc(OC)cc(C(F)(F)F)c1. The summed E-state index contributed by atoms with van der Waals surface area (Å²) in [6, 6.07) is 3.03. The van der Waals surface area contributed by atoms with Crippen LogP contribution in [0.2, 0.25) is 0 Å². The highest BCUT2D eigenvalue weighted by molar-refractivity contribution is 7.86. The minimum atomic E-state index is -4.55. The predicted octanol–water partition coefficient (Wildman–Crippen LogP) is 3.14. The molecule has 0 aliphatic heterocycles. The Morgan fingerprint density at radius 1 is 1.25 bits per heavy atom. The molecule has 114 valence electrons. The second-order valence-corrected chi connectivity index (χ2v) is 5.79. The molecule has 1 atom stereocenters. The molecule has 1 aromatic rings. The van der Waals surface area contributed by atoms with Crippen molar-refractivity contribution in [1.82, 2.24) is 0 Å². The van der Waals surface area contributed by atoms with Gasteiger partial charge in [0.1, 0.15) is 11.9 Å². The fourth-order valence-electron chi connectivity index (χ4n) is 1.66. The molecule has 0 heterocycles. The molecule has 20 heavy (non-hydrogen) atoms. The minimum Gasteiger partial charge on any atom is -0.497 e. The molecule has 0 radical (unpaired) electrons. The van der Waals surface area contributed by atoms with Gasteiger partial charge in [0, 0.05) is 0 Å². The zero-order valence-electron chi connectivity index (χ0n) is 11.2. The number of methoxy groups -OCH3 is 1. The zero-order chi connectivity index (χ0) is 15.6. The molecule has 0 fully saturated rings. The van der Waals surface area contributed by atoms with Gasteiger partial charge in [-0.05, 0) is 30.2 Å². The summed E-state index contributed by atoms with van der Waals surface area (Å²) in [5.74, 6) is -0.00891. The molecular formula is C12H15F3O4S. The molecule has 0 saturated carbocycles. The summed E-state index contributed by atoms with van der Waals surface area (Å²) in [6.45, 7) is 1.61. The fourth-order valence-corrected chi connectivity index (χ4v) is 2.33. The summed E-state index contributed by atoms with van der Waals surface area (Å²) in [5.41, 5.74) is -0.813. The van der Waals surface area contributed by atoms with Gasteiger partial charge in [-0.2, -0.15) is 21.6 Å². The highest BCUT2D eigenvalue weighted by Crippen LogP contribution is 2.35. The second-order valence-electron chi connectivity index (χ2n) is 4.19. The molecule has 8 heteroatoms. The maximum absolute atomic E-state index is 12.8. The summed E-state index contributed by atoms with van der Waals surface area (Å²) >= 11 is 0. The van der Waals surface area contributed by atoms with Gasteiger partial charge in [0.25, 0.3) is 10.1 Å². The molecule has 0 aliphatic rings. The van der Waals surface area contributed by atoms with Crippen molar-refractivity contribution < 1.29 is 30.5 Å².